The molecule has 0 aliphatic rings. The summed E-state index contributed by atoms with van der Waals surface area (Å²) in [6.07, 6.45) is 4.90. The number of hydrogen-bond donors (Lipinski definition) is 0. The van der Waals surface area contributed by atoms with Crippen LogP contribution in [0.2, 0.25) is 5.82 Å². The zero-order chi connectivity index (χ0) is 11.9. The lowest BCUT2D eigenvalue weighted by Gasteiger charge is -2.13. The van der Waals surface area contributed by atoms with E-state index in [9.17, 15) is 8.42 Å². The summed E-state index contributed by atoms with van der Waals surface area (Å²) < 4.78 is 22.5. The highest BCUT2D eigenvalue weighted by Crippen LogP contribution is 2.21. The molecule has 2 atom stereocenters. The molecule has 0 amide bonds. The van der Waals surface area contributed by atoms with Crippen LogP contribution in [-0.2, 0) is 9.05 Å². The molecule has 0 saturated heterocycles. The van der Waals surface area contributed by atoms with Crippen molar-refractivity contribution in [2.45, 2.75) is 63.4 Å². The van der Waals surface area contributed by atoms with Gasteiger partial charge in [-0.25, -0.2) is 8.42 Å². The van der Waals surface area contributed by atoms with Crippen molar-refractivity contribution in [3.8, 4) is 0 Å². The van der Waals surface area contributed by atoms with Crippen molar-refractivity contribution >= 4 is 27.6 Å². The molecule has 0 N–H and O–H groups in total. The van der Waals surface area contributed by atoms with Crippen LogP contribution in [0.5, 0.6) is 0 Å². The first-order valence-corrected chi connectivity index (χ1v) is 7.94. The van der Waals surface area contributed by atoms with Gasteiger partial charge in [-0.05, 0) is 12.8 Å². The van der Waals surface area contributed by atoms with Gasteiger partial charge in [-0.1, -0.05) is 45.3 Å². The molecule has 0 aliphatic heterocycles. The Bertz CT molecular complexity index is 252. The monoisotopic (exact) mass is 250 g/mol. The van der Waals surface area contributed by atoms with E-state index in [2.05, 4.69) is 0 Å². The standard InChI is InChI=1S/C10H20BClO2S/c1-3-4-7-10(15(12,13)14)8-5-6-9(2)11/h9-10H,3-8H2,1-2H3. The van der Waals surface area contributed by atoms with Gasteiger partial charge in [0.1, 0.15) is 0 Å². The summed E-state index contributed by atoms with van der Waals surface area (Å²) in [6.45, 7) is 3.97. The Kier molecular flexibility index (Phi) is 7.71. The maximum Gasteiger partial charge on any atom is 0.235 e. The number of unbranched alkanes of at least 4 members (excludes halogenated alkanes) is 1. The van der Waals surface area contributed by atoms with Crippen molar-refractivity contribution in [3.63, 3.8) is 0 Å². The van der Waals surface area contributed by atoms with Gasteiger partial charge < -0.3 is 0 Å². The summed E-state index contributed by atoms with van der Waals surface area (Å²) in [5.41, 5.74) is 0. The SMILES string of the molecule is [B]C(C)CCCC(CCCC)S(=O)(=O)Cl. The molecule has 88 valence electrons. The Balaban J connectivity index is 4.03. The summed E-state index contributed by atoms with van der Waals surface area (Å²) in [7, 11) is 7.59. The third-order valence-electron chi connectivity index (χ3n) is 2.46. The van der Waals surface area contributed by atoms with E-state index in [0.29, 0.717) is 12.8 Å². The fourth-order valence-corrected chi connectivity index (χ4v) is 2.96. The minimum atomic E-state index is -3.40. The van der Waals surface area contributed by atoms with Crippen molar-refractivity contribution in [1.82, 2.24) is 0 Å². The third kappa shape index (κ3) is 8.15. The molecule has 2 nitrogen and oxygen atoms in total. The minimum Gasteiger partial charge on any atom is -0.212 e. The summed E-state index contributed by atoms with van der Waals surface area (Å²) >= 11 is 0. The van der Waals surface area contributed by atoms with Gasteiger partial charge in [0.2, 0.25) is 9.05 Å². The molecule has 0 saturated carbocycles. The second-order valence-corrected chi connectivity index (χ2v) is 7.06. The van der Waals surface area contributed by atoms with Gasteiger partial charge in [-0.3, -0.25) is 0 Å². The van der Waals surface area contributed by atoms with Crippen molar-refractivity contribution < 1.29 is 8.42 Å². The summed E-state index contributed by atoms with van der Waals surface area (Å²) in [4.78, 5) is 0. The van der Waals surface area contributed by atoms with Crippen molar-refractivity contribution in [2.75, 3.05) is 0 Å². The van der Waals surface area contributed by atoms with Gasteiger partial charge in [0.15, 0.2) is 0 Å². The summed E-state index contributed by atoms with van der Waals surface area (Å²) in [5, 5.41) is -0.391. The average molecular weight is 251 g/mol. The Labute approximate surface area is 99.6 Å². The Morgan fingerprint density at radius 2 is 1.73 bits per heavy atom. The van der Waals surface area contributed by atoms with E-state index in [1.54, 1.807) is 0 Å². The fourth-order valence-electron chi connectivity index (χ4n) is 1.53. The molecule has 2 unspecified atom stereocenters. The van der Waals surface area contributed by atoms with E-state index in [1.165, 1.54) is 0 Å². The normalized spacial score (nSPS) is 16.2. The highest BCUT2D eigenvalue weighted by molar-refractivity contribution is 8.14. The molecule has 15 heavy (non-hydrogen) atoms. The lowest BCUT2D eigenvalue weighted by atomic mass is 9.85. The highest BCUT2D eigenvalue weighted by Gasteiger charge is 2.21. The molecule has 0 rings (SSSR count). The van der Waals surface area contributed by atoms with Gasteiger partial charge in [0.25, 0.3) is 0 Å². The zero-order valence-electron chi connectivity index (χ0n) is 9.58. The Morgan fingerprint density at radius 1 is 1.20 bits per heavy atom. The van der Waals surface area contributed by atoms with Gasteiger partial charge in [-0.15, -0.1) is 0 Å². The molecule has 0 aromatic rings. The maximum absolute atomic E-state index is 11.2. The Morgan fingerprint density at radius 3 is 2.13 bits per heavy atom. The highest BCUT2D eigenvalue weighted by atomic mass is 35.7. The lowest BCUT2D eigenvalue weighted by molar-refractivity contribution is 0.545. The molecule has 0 aromatic heterocycles. The molecule has 0 bridgehead atoms. The predicted octanol–water partition coefficient (Wildman–Crippen LogP) is 3.26. The van der Waals surface area contributed by atoms with Gasteiger partial charge >= 0.3 is 0 Å². The lowest BCUT2D eigenvalue weighted by Crippen LogP contribution is -2.16. The van der Waals surface area contributed by atoms with Crippen LogP contribution in [0.25, 0.3) is 0 Å². The van der Waals surface area contributed by atoms with Crippen molar-refractivity contribution in [2.24, 2.45) is 0 Å². The number of halogens is 1. The summed E-state index contributed by atoms with van der Waals surface area (Å²) in [6, 6.07) is 0. The van der Waals surface area contributed by atoms with E-state index in [4.69, 9.17) is 18.5 Å². The van der Waals surface area contributed by atoms with Gasteiger partial charge in [-0.2, -0.15) is 0 Å². The van der Waals surface area contributed by atoms with Crippen LogP contribution >= 0.6 is 10.7 Å². The van der Waals surface area contributed by atoms with Crippen LogP contribution in [0.15, 0.2) is 0 Å². The topological polar surface area (TPSA) is 34.1 Å². The van der Waals surface area contributed by atoms with Crippen LogP contribution in [-0.4, -0.2) is 21.5 Å². The average Bonchev–Trinajstić information content (AvgIpc) is 2.08. The second-order valence-electron chi connectivity index (χ2n) is 4.15. The first-order chi connectivity index (χ1) is 6.88. The van der Waals surface area contributed by atoms with Crippen molar-refractivity contribution in [3.05, 3.63) is 0 Å². The number of hydrogen-bond acceptors (Lipinski definition) is 2. The predicted molar refractivity (Wildman–Crippen MR) is 67.1 cm³/mol. The number of rotatable bonds is 8. The molecule has 0 aliphatic carbocycles. The maximum atomic E-state index is 11.2. The molecule has 0 fully saturated rings. The van der Waals surface area contributed by atoms with Crippen LogP contribution in [0.3, 0.4) is 0 Å². The minimum absolute atomic E-state index is 0.134. The van der Waals surface area contributed by atoms with Crippen LogP contribution in [0.1, 0.15) is 52.4 Å². The first-order valence-electron chi connectivity index (χ1n) is 5.57. The molecular weight excluding hydrogens is 230 g/mol. The van der Waals surface area contributed by atoms with Crippen LogP contribution < -0.4 is 0 Å². The molecule has 0 spiro atoms. The molecule has 0 heterocycles. The Hall–Kier alpha value is 0.305. The van der Waals surface area contributed by atoms with E-state index < -0.39 is 14.3 Å². The van der Waals surface area contributed by atoms with E-state index >= 15 is 0 Å². The van der Waals surface area contributed by atoms with Crippen LogP contribution in [0, 0.1) is 0 Å². The van der Waals surface area contributed by atoms with E-state index in [1.807, 2.05) is 13.8 Å². The summed E-state index contributed by atoms with van der Waals surface area (Å²) in [5.74, 6) is 0.134. The second kappa shape index (κ2) is 7.56. The van der Waals surface area contributed by atoms with E-state index in [-0.39, 0.29) is 5.82 Å². The molecule has 2 radical (unpaired) electrons. The van der Waals surface area contributed by atoms with Crippen molar-refractivity contribution in [1.29, 1.82) is 0 Å². The zero-order valence-corrected chi connectivity index (χ0v) is 11.1. The van der Waals surface area contributed by atoms with Crippen LogP contribution in [0.4, 0.5) is 0 Å². The largest absolute Gasteiger partial charge is 0.235 e. The molecular formula is C10H20BClO2S. The fraction of sp³-hybridized carbons (Fsp3) is 1.00. The third-order valence-corrected chi connectivity index (χ3v) is 4.49. The smallest absolute Gasteiger partial charge is 0.212 e. The first kappa shape index (κ1) is 15.3. The quantitative estimate of drug-likeness (QED) is 0.489. The molecule has 0 aromatic carbocycles. The van der Waals surface area contributed by atoms with E-state index in [0.717, 1.165) is 25.7 Å². The molecule has 5 heteroatoms. The van der Waals surface area contributed by atoms with Gasteiger partial charge in [0, 0.05) is 10.7 Å². The van der Waals surface area contributed by atoms with Gasteiger partial charge in [0.05, 0.1) is 13.1 Å².